The summed E-state index contributed by atoms with van der Waals surface area (Å²) in [6.07, 6.45) is -22.4. The average Bonchev–Trinajstić information content (AvgIpc) is 2.97. The highest BCUT2D eigenvalue weighted by Crippen LogP contribution is 2.41. The summed E-state index contributed by atoms with van der Waals surface area (Å²) in [5.74, 6) is -7.31. The van der Waals surface area contributed by atoms with Crippen molar-refractivity contribution in [3.8, 4) is 0 Å². The van der Waals surface area contributed by atoms with Gasteiger partial charge in [-0.2, -0.15) is 52.7 Å². The molecule has 0 radical (unpaired) electrons. The first-order chi connectivity index (χ1) is 22.8. The van der Waals surface area contributed by atoms with Crippen LogP contribution < -0.4 is 0 Å². The van der Waals surface area contributed by atoms with Gasteiger partial charge in [-0.3, -0.25) is 19.6 Å². The van der Waals surface area contributed by atoms with Crippen molar-refractivity contribution in [3.63, 3.8) is 0 Å². The Morgan fingerprint density at radius 3 is 1.12 bits per heavy atom. The Morgan fingerprint density at radius 2 is 0.796 bits per heavy atom. The first kappa shape index (κ1) is 41.5. The molecule has 2 unspecified atom stereocenters. The van der Waals surface area contributed by atoms with Crippen molar-refractivity contribution in [1.82, 2.24) is 19.6 Å². The monoisotopic (exact) mass is 734 g/mol. The second kappa shape index (κ2) is 18.5. The summed E-state index contributed by atoms with van der Waals surface area (Å²) in [5.41, 5.74) is 0.487. The van der Waals surface area contributed by atoms with Gasteiger partial charge in [0.05, 0.1) is 39.6 Å². The molecule has 0 saturated carbocycles. The predicted octanol–water partition coefficient (Wildman–Crippen LogP) is 5.45. The zero-order chi connectivity index (χ0) is 36.3. The van der Waals surface area contributed by atoms with Gasteiger partial charge in [0.2, 0.25) is 0 Å². The highest BCUT2D eigenvalue weighted by atomic mass is 19.4. The minimum Gasteiger partial charge on any atom is -0.379 e. The molecule has 284 valence electrons. The van der Waals surface area contributed by atoms with Gasteiger partial charge in [0.1, 0.15) is 0 Å². The number of hydrogen-bond donors (Lipinski definition) is 0. The molecule has 0 aliphatic carbocycles. The first-order valence-electron chi connectivity index (χ1n) is 15.8. The fourth-order valence-electron chi connectivity index (χ4n) is 5.55. The number of halogens is 12. The highest BCUT2D eigenvalue weighted by Gasteiger charge is 2.58. The SMILES string of the molecule is FC(F)(F)C(CN1CCN2CCOCCOCCN(CCOCC2)CCN(CC(C(F)(F)F)C(F)(F)F)Cc2cccc(c2)C1)C(F)(F)F. The standard InChI is InChI=1S/C30H42F12N4O3/c31-27(32,33)25(28(34,35)36)21-45-6-4-43-8-12-47-13-9-44(11-15-49-17-16-48-14-10-43)5-7-46(20-24-3-1-2-23(18-24)19-45)22-26(29(37,38)39)30(40,41)42/h1-3,18,25-26H,4-17,19-22H2. The molecule has 4 bridgehead atoms. The van der Waals surface area contributed by atoms with Crippen LogP contribution >= 0.6 is 0 Å². The Kier molecular flexibility index (Phi) is 15.7. The molecule has 0 N–H and O–H groups in total. The number of alkyl halides is 12. The van der Waals surface area contributed by atoms with E-state index in [-0.39, 0.29) is 90.0 Å². The molecule has 2 aliphatic rings. The lowest BCUT2D eigenvalue weighted by Gasteiger charge is -2.33. The lowest BCUT2D eigenvalue weighted by molar-refractivity contribution is -0.289. The third-order valence-corrected chi connectivity index (χ3v) is 8.31. The van der Waals surface area contributed by atoms with Crippen molar-refractivity contribution < 1.29 is 66.9 Å². The Labute approximate surface area is 277 Å². The largest absolute Gasteiger partial charge is 0.401 e. The van der Waals surface area contributed by atoms with Crippen molar-refractivity contribution in [3.05, 3.63) is 35.4 Å². The summed E-state index contributed by atoms with van der Waals surface area (Å²) in [6, 6.07) is 5.65. The van der Waals surface area contributed by atoms with E-state index < -0.39 is 62.7 Å². The topological polar surface area (TPSA) is 40.6 Å². The molecule has 2 heterocycles. The van der Waals surface area contributed by atoms with Gasteiger partial charge in [0, 0.05) is 78.5 Å². The summed E-state index contributed by atoms with van der Waals surface area (Å²) < 4.78 is 180. The molecule has 3 rings (SSSR count). The van der Waals surface area contributed by atoms with Crippen LogP contribution in [0, 0.1) is 11.8 Å². The van der Waals surface area contributed by atoms with Crippen molar-refractivity contribution in [2.45, 2.75) is 37.8 Å². The van der Waals surface area contributed by atoms with Crippen LogP contribution in [-0.2, 0) is 27.3 Å². The van der Waals surface area contributed by atoms with Gasteiger partial charge >= 0.3 is 24.7 Å². The predicted molar refractivity (Wildman–Crippen MR) is 154 cm³/mol. The van der Waals surface area contributed by atoms with Crippen molar-refractivity contribution >= 4 is 0 Å². The minimum absolute atomic E-state index is 0.0571. The van der Waals surface area contributed by atoms with Gasteiger partial charge in [-0.1, -0.05) is 24.3 Å². The Hall–Kier alpha value is -1.90. The number of hydrogen-bond acceptors (Lipinski definition) is 7. The molecule has 0 spiro atoms. The van der Waals surface area contributed by atoms with Crippen LogP contribution in [0.1, 0.15) is 11.1 Å². The molecule has 1 saturated heterocycles. The maximum absolute atomic E-state index is 13.6. The maximum atomic E-state index is 13.6. The molecule has 1 aromatic carbocycles. The fourth-order valence-corrected chi connectivity index (χ4v) is 5.55. The summed E-state index contributed by atoms with van der Waals surface area (Å²) in [7, 11) is 0. The lowest BCUT2D eigenvalue weighted by atomic mass is 10.0. The van der Waals surface area contributed by atoms with E-state index in [4.69, 9.17) is 14.2 Å². The van der Waals surface area contributed by atoms with E-state index in [1.165, 1.54) is 24.3 Å². The van der Waals surface area contributed by atoms with Crippen LogP contribution in [0.5, 0.6) is 0 Å². The summed E-state index contributed by atoms with van der Waals surface area (Å²) >= 11 is 0. The highest BCUT2D eigenvalue weighted by molar-refractivity contribution is 5.23. The average molecular weight is 735 g/mol. The van der Waals surface area contributed by atoms with Gasteiger partial charge in [0.15, 0.2) is 11.8 Å². The molecule has 19 heteroatoms. The van der Waals surface area contributed by atoms with Crippen LogP contribution in [0.25, 0.3) is 0 Å². The van der Waals surface area contributed by atoms with E-state index in [2.05, 4.69) is 0 Å². The van der Waals surface area contributed by atoms with Crippen molar-refractivity contribution in [1.29, 1.82) is 0 Å². The van der Waals surface area contributed by atoms with E-state index in [1.54, 1.807) is 9.80 Å². The van der Waals surface area contributed by atoms with E-state index in [0.717, 1.165) is 9.80 Å². The smallest absolute Gasteiger partial charge is 0.379 e. The fraction of sp³-hybridized carbons (Fsp3) is 0.800. The molecule has 0 amide bonds. The van der Waals surface area contributed by atoms with Crippen molar-refractivity contribution in [2.24, 2.45) is 11.8 Å². The van der Waals surface area contributed by atoms with Crippen LogP contribution in [0.2, 0.25) is 0 Å². The Balaban J connectivity index is 2.00. The number of fused-ring (bicyclic) bond motifs is 8. The van der Waals surface area contributed by atoms with E-state index in [9.17, 15) is 52.7 Å². The first-order valence-corrected chi connectivity index (χ1v) is 15.8. The van der Waals surface area contributed by atoms with E-state index >= 15 is 0 Å². The quantitative estimate of drug-likeness (QED) is 0.301. The number of benzene rings is 1. The third kappa shape index (κ3) is 15.1. The molecular formula is C30H42F12N4O3. The Bertz CT molecular complexity index is 996. The van der Waals surface area contributed by atoms with Crippen LogP contribution in [0.3, 0.4) is 0 Å². The van der Waals surface area contributed by atoms with Gasteiger partial charge < -0.3 is 14.2 Å². The van der Waals surface area contributed by atoms with Gasteiger partial charge in [0.25, 0.3) is 0 Å². The second-order valence-electron chi connectivity index (χ2n) is 12.1. The zero-order valence-electron chi connectivity index (χ0n) is 26.7. The second-order valence-corrected chi connectivity index (χ2v) is 12.1. The van der Waals surface area contributed by atoms with Gasteiger partial charge in [-0.15, -0.1) is 0 Å². The third-order valence-electron chi connectivity index (χ3n) is 8.31. The van der Waals surface area contributed by atoms with Gasteiger partial charge in [-0.05, 0) is 11.1 Å². The maximum Gasteiger partial charge on any atom is 0.401 e. The van der Waals surface area contributed by atoms with E-state index in [0.29, 0.717) is 13.1 Å². The molecule has 1 fully saturated rings. The lowest BCUT2D eigenvalue weighted by Crippen LogP contribution is -2.47. The zero-order valence-corrected chi connectivity index (χ0v) is 26.7. The summed E-state index contributed by atoms with van der Waals surface area (Å²) in [4.78, 5) is 5.60. The molecule has 0 aromatic heterocycles. The molecular weight excluding hydrogens is 692 g/mol. The van der Waals surface area contributed by atoms with Crippen LogP contribution in [-0.4, -0.2) is 149 Å². The normalized spacial score (nSPS) is 23.6. The summed E-state index contributed by atoms with van der Waals surface area (Å²) in [6.45, 7) is -1.72. The van der Waals surface area contributed by atoms with E-state index in [1.807, 2.05) is 0 Å². The molecule has 2 atom stereocenters. The molecule has 1 aromatic rings. The van der Waals surface area contributed by atoms with Gasteiger partial charge in [-0.25, -0.2) is 0 Å². The number of ether oxygens (including phenoxy) is 3. The molecule has 7 nitrogen and oxygen atoms in total. The summed E-state index contributed by atoms with van der Waals surface area (Å²) in [5, 5.41) is 0. The number of nitrogens with zero attached hydrogens (tertiary/aromatic N) is 4. The minimum atomic E-state index is -5.60. The van der Waals surface area contributed by atoms with Crippen LogP contribution in [0.15, 0.2) is 24.3 Å². The van der Waals surface area contributed by atoms with Crippen LogP contribution in [0.4, 0.5) is 52.7 Å². The van der Waals surface area contributed by atoms with Crippen molar-refractivity contribution in [2.75, 3.05) is 105 Å². The Morgan fingerprint density at radius 1 is 0.469 bits per heavy atom. The number of rotatable bonds is 4. The molecule has 49 heavy (non-hydrogen) atoms. The molecule has 2 aliphatic heterocycles.